The molecule has 3 aromatic rings. The van der Waals surface area contributed by atoms with Gasteiger partial charge in [-0.1, -0.05) is 36.4 Å². The molecule has 21 nitrogen and oxygen atoms in total. The van der Waals surface area contributed by atoms with Crippen molar-refractivity contribution in [1.29, 1.82) is 5.26 Å². The van der Waals surface area contributed by atoms with E-state index in [1.807, 2.05) is 18.2 Å². The van der Waals surface area contributed by atoms with Gasteiger partial charge in [0.2, 0.25) is 6.54 Å². The molecule has 3 atom stereocenters. The van der Waals surface area contributed by atoms with Gasteiger partial charge in [-0.15, -0.1) is 24.8 Å². The fourth-order valence-electron chi connectivity index (χ4n) is 6.38. The lowest BCUT2D eigenvalue weighted by atomic mass is 9.78. The topological polar surface area (TPSA) is 312 Å². The lowest BCUT2D eigenvalue weighted by Crippen LogP contribution is -2.36. The average Bonchev–Trinajstić information content (AvgIpc) is 3.82. The first kappa shape index (κ1) is 55.1. The highest BCUT2D eigenvalue weighted by Crippen LogP contribution is 2.29. The molecule has 0 radical (unpaired) electrons. The Bertz CT molecular complexity index is 2080. The predicted molar refractivity (Wildman–Crippen MR) is 239 cm³/mol. The summed E-state index contributed by atoms with van der Waals surface area (Å²) in [7, 11) is -3.45. The zero-order valence-electron chi connectivity index (χ0n) is 36.0. The molecule has 3 heterocycles. The van der Waals surface area contributed by atoms with Crippen LogP contribution in [0.3, 0.4) is 0 Å². The molecule has 0 aromatic heterocycles. The van der Waals surface area contributed by atoms with Crippen LogP contribution in [-0.2, 0) is 23.4 Å². The van der Waals surface area contributed by atoms with Crippen molar-refractivity contribution in [1.82, 2.24) is 10.6 Å². The molecule has 3 aliphatic rings. The first-order valence-electron chi connectivity index (χ1n) is 19.4. The van der Waals surface area contributed by atoms with Gasteiger partial charge < -0.3 is 63.8 Å². The maximum atomic E-state index is 11.9. The molecule has 0 bridgehead atoms. The number of amides is 2. The highest BCUT2D eigenvalue weighted by molar-refractivity contribution is 6.63. The molecular formula is C38H53B3Cl2N6O15. The van der Waals surface area contributed by atoms with Crippen LogP contribution in [0.2, 0.25) is 0 Å². The van der Waals surface area contributed by atoms with Gasteiger partial charge in [-0.25, -0.2) is 9.59 Å². The lowest BCUT2D eigenvalue weighted by molar-refractivity contribution is -0.490. The number of nitriles is 1. The van der Waals surface area contributed by atoms with Gasteiger partial charge in [0.1, 0.15) is 47.4 Å². The Balaban J connectivity index is 0.000000346. The predicted octanol–water partition coefficient (Wildman–Crippen LogP) is 0.998. The van der Waals surface area contributed by atoms with Crippen molar-refractivity contribution >= 4 is 74.7 Å². The third kappa shape index (κ3) is 15.6. The van der Waals surface area contributed by atoms with E-state index < -0.39 is 68.4 Å². The number of hydrogen-bond acceptors (Lipinski definition) is 18. The number of nitrogens with zero attached hydrogens (tertiary/aromatic N) is 2. The first-order valence-corrected chi connectivity index (χ1v) is 19.4. The summed E-state index contributed by atoms with van der Waals surface area (Å²) in [6.07, 6.45) is -2.80. The van der Waals surface area contributed by atoms with Gasteiger partial charge >= 0.3 is 33.5 Å². The Morgan fingerprint density at radius 3 is 1.61 bits per heavy atom. The lowest BCUT2D eigenvalue weighted by Gasteiger charge is -2.21. The SMILES string of the molecule is CC(C)(C)OC(=O)NCOc1cccc2c1B(O)OC2CNC(=O)OC(C)(C)C.Cl.Cl.N#CCOc1cccc2c1B(O)OC2C[N+](=O)[O-].NCOc1cccc2c1B(O)OC2CN. The van der Waals surface area contributed by atoms with Gasteiger partial charge in [-0.05, 0) is 76.4 Å². The number of nitrogens with two attached hydrogens (primary N) is 2. The number of hydrogen-bond donors (Lipinski definition) is 7. The number of carbonyl (C=O) groups excluding carboxylic acids is 2. The first-order chi connectivity index (χ1) is 29.3. The summed E-state index contributed by atoms with van der Waals surface area (Å²) in [5.74, 6) is 1.23. The fourth-order valence-corrected chi connectivity index (χ4v) is 6.38. The van der Waals surface area contributed by atoms with Crippen LogP contribution in [-0.4, -0.2) is 104 Å². The van der Waals surface area contributed by atoms with Gasteiger partial charge in [-0.2, -0.15) is 5.26 Å². The van der Waals surface area contributed by atoms with E-state index in [2.05, 4.69) is 10.6 Å². The summed E-state index contributed by atoms with van der Waals surface area (Å²) < 4.78 is 42.2. The number of alkyl carbamates (subject to hydrolysis) is 2. The third-order valence-corrected chi connectivity index (χ3v) is 8.69. The fraction of sp³-hybridized carbons (Fsp3) is 0.447. The van der Waals surface area contributed by atoms with Gasteiger partial charge in [0.25, 0.3) is 0 Å². The summed E-state index contributed by atoms with van der Waals surface area (Å²) in [5, 5.41) is 53.8. The number of fused-ring (bicyclic) bond motifs is 3. The molecule has 348 valence electrons. The number of halogens is 2. The van der Waals surface area contributed by atoms with Crippen molar-refractivity contribution in [3.8, 4) is 23.3 Å². The second kappa shape index (κ2) is 24.9. The van der Waals surface area contributed by atoms with Crippen molar-refractivity contribution in [3.05, 3.63) is 81.4 Å². The number of ether oxygens (including phenoxy) is 5. The van der Waals surface area contributed by atoms with Crippen LogP contribution in [0.15, 0.2) is 54.6 Å². The number of rotatable bonds is 12. The minimum atomic E-state index is -1.26. The molecule has 6 rings (SSSR count). The zero-order valence-corrected chi connectivity index (χ0v) is 37.6. The van der Waals surface area contributed by atoms with Crippen LogP contribution >= 0.6 is 24.8 Å². The molecule has 2 amide bonds. The quantitative estimate of drug-likeness (QED) is 0.0577. The van der Waals surface area contributed by atoms with E-state index in [-0.39, 0.29) is 57.5 Å². The molecule has 26 heteroatoms. The van der Waals surface area contributed by atoms with Crippen molar-refractivity contribution in [2.24, 2.45) is 11.5 Å². The number of nitro groups is 1. The minimum absolute atomic E-state index is 0. The van der Waals surface area contributed by atoms with Crippen LogP contribution in [0.25, 0.3) is 0 Å². The number of nitrogens with one attached hydrogen (secondary N) is 2. The number of benzene rings is 3. The molecule has 0 spiro atoms. The van der Waals surface area contributed by atoms with E-state index in [4.69, 9.17) is 54.4 Å². The third-order valence-electron chi connectivity index (χ3n) is 8.69. The molecule has 0 saturated carbocycles. The van der Waals surface area contributed by atoms with Gasteiger partial charge in [-0.3, -0.25) is 21.2 Å². The Morgan fingerprint density at radius 2 is 1.16 bits per heavy atom. The standard InChI is InChI=1S/C19H29BN2O7.C10H9BN2O5.C9H13BN2O3.2ClH/c1-18(2,3)27-16(23)21-10-14-12-8-7-9-13(15(12)20(25)29-14)26-11-22-17(24)28-19(4,5)6;12-4-5-17-8-3-1-2-7-9(6-13(15)16)18-11(14)10(7)8;11-4-8-6-2-1-3-7(14-5-12)9(6)10(13)15-8;;/h7-9,14,25H,10-11H2,1-6H3,(H,21,23)(H,22,24);1-3,9,14H,5-6H2;1-3,8,13H,4-5,11-12H2;2*1H. The summed E-state index contributed by atoms with van der Waals surface area (Å²) in [4.78, 5) is 33.6. The maximum Gasteiger partial charge on any atom is 0.496 e. The summed E-state index contributed by atoms with van der Waals surface area (Å²) in [5.41, 5.74) is 13.1. The Hall–Kier alpha value is -5.06. The van der Waals surface area contributed by atoms with Crippen LogP contribution < -0.4 is 52.7 Å². The summed E-state index contributed by atoms with van der Waals surface area (Å²) in [6.45, 7) is 10.4. The molecule has 3 aromatic carbocycles. The van der Waals surface area contributed by atoms with Crippen LogP contribution in [0, 0.1) is 21.4 Å². The van der Waals surface area contributed by atoms with E-state index in [0.717, 1.165) is 5.56 Å². The van der Waals surface area contributed by atoms with Gasteiger partial charge in [0.05, 0.1) is 12.2 Å². The molecule has 3 aliphatic heterocycles. The largest absolute Gasteiger partial charge is 0.496 e. The monoisotopic (exact) mass is 936 g/mol. The van der Waals surface area contributed by atoms with Crippen LogP contribution in [0.1, 0.15) is 76.5 Å². The smallest absolute Gasteiger partial charge is 0.479 e. The molecule has 0 fully saturated rings. The van der Waals surface area contributed by atoms with E-state index in [9.17, 15) is 34.8 Å². The second-order valence-electron chi connectivity index (χ2n) is 15.6. The van der Waals surface area contributed by atoms with Crippen molar-refractivity contribution in [3.63, 3.8) is 0 Å². The maximum absolute atomic E-state index is 11.9. The normalized spacial score (nSPS) is 16.6. The van der Waals surface area contributed by atoms with Crippen molar-refractivity contribution < 1.29 is 67.2 Å². The summed E-state index contributed by atoms with van der Waals surface area (Å²) >= 11 is 0. The van der Waals surface area contributed by atoms with E-state index in [1.165, 1.54) is 0 Å². The zero-order chi connectivity index (χ0) is 45.8. The highest BCUT2D eigenvalue weighted by atomic mass is 35.5. The van der Waals surface area contributed by atoms with Crippen LogP contribution in [0.4, 0.5) is 9.59 Å². The van der Waals surface area contributed by atoms with E-state index >= 15 is 0 Å². The molecular weight excluding hydrogens is 884 g/mol. The Morgan fingerprint density at radius 1 is 0.734 bits per heavy atom. The average molecular weight is 937 g/mol. The highest BCUT2D eigenvalue weighted by Gasteiger charge is 2.41. The van der Waals surface area contributed by atoms with Crippen molar-refractivity contribution in [2.45, 2.75) is 71.1 Å². The van der Waals surface area contributed by atoms with Crippen LogP contribution in [0.5, 0.6) is 17.2 Å². The van der Waals surface area contributed by atoms with Crippen molar-refractivity contribution in [2.75, 3.05) is 39.7 Å². The summed E-state index contributed by atoms with van der Waals surface area (Å²) in [6, 6.07) is 17.3. The Kier molecular flexibility index (Phi) is 21.4. The molecule has 9 N–H and O–H groups in total. The Labute approximate surface area is 383 Å². The van der Waals surface area contributed by atoms with E-state index in [0.29, 0.717) is 51.3 Å². The second-order valence-corrected chi connectivity index (χ2v) is 15.6. The van der Waals surface area contributed by atoms with Gasteiger partial charge in [0, 0.05) is 34.4 Å². The molecule has 0 aliphatic carbocycles. The minimum Gasteiger partial charge on any atom is -0.479 e. The molecule has 0 saturated heterocycles. The van der Waals surface area contributed by atoms with E-state index in [1.54, 1.807) is 84.0 Å². The molecule has 3 unspecified atom stereocenters. The number of carbonyl (C=O) groups is 2. The van der Waals surface area contributed by atoms with Gasteiger partial charge in [0.15, 0.2) is 13.3 Å². The molecule has 64 heavy (non-hydrogen) atoms.